The van der Waals surface area contributed by atoms with Crippen LogP contribution in [0.2, 0.25) is 0 Å². The predicted octanol–water partition coefficient (Wildman–Crippen LogP) is 7.24. The lowest BCUT2D eigenvalue weighted by Crippen LogP contribution is -2.34. The van der Waals surface area contributed by atoms with E-state index in [9.17, 15) is 5.11 Å². The first-order chi connectivity index (χ1) is 20.3. The third-order valence-corrected chi connectivity index (χ3v) is 7.18. The van der Waals surface area contributed by atoms with Gasteiger partial charge in [0.1, 0.15) is 11.6 Å². The summed E-state index contributed by atoms with van der Waals surface area (Å²) in [7, 11) is 4.04. The minimum absolute atomic E-state index is 0.163. The monoisotopic (exact) mass is 589 g/mol. The maximum Gasteiger partial charge on any atom is 0.229 e. The first-order valence-electron chi connectivity index (χ1n) is 15.2. The number of hydrogen-bond acceptors (Lipinski definition) is 9. The number of anilines is 2. The first-order valence-corrected chi connectivity index (χ1v) is 15.2. The SMILES string of the molecule is C=C(C)/C(=C\C(=C/C)CC(C)(C)C)Nc1nc(N(CC)CCN(C)C2=CC(OCC)=C(O)CC=C2)nc2c1CN(C)C=N2. The molecule has 1 aromatic rings. The molecule has 234 valence electrons. The molecule has 0 atom stereocenters. The molecule has 2 aliphatic rings. The number of nitrogens with zero attached hydrogens (tertiary/aromatic N) is 6. The van der Waals surface area contributed by atoms with Crippen molar-refractivity contribution in [3.63, 3.8) is 0 Å². The van der Waals surface area contributed by atoms with Crippen LogP contribution in [0.4, 0.5) is 17.6 Å². The van der Waals surface area contributed by atoms with E-state index in [0.29, 0.717) is 50.2 Å². The Bertz CT molecular complexity index is 1340. The molecule has 0 saturated carbocycles. The number of aromatic nitrogens is 2. The molecule has 0 aromatic carbocycles. The van der Waals surface area contributed by atoms with E-state index in [2.05, 4.69) is 73.5 Å². The molecule has 0 unspecified atom stereocenters. The predicted molar refractivity (Wildman–Crippen MR) is 180 cm³/mol. The molecule has 0 amide bonds. The molecule has 3 rings (SSSR count). The second-order valence-electron chi connectivity index (χ2n) is 12.3. The van der Waals surface area contributed by atoms with Crippen LogP contribution in [0.3, 0.4) is 0 Å². The number of ether oxygens (including phenoxy) is 1. The summed E-state index contributed by atoms with van der Waals surface area (Å²) in [4.78, 5) is 21.0. The van der Waals surface area contributed by atoms with Gasteiger partial charge in [-0.1, -0.05) is 39.5 Å². The molecule has 2 heterocycles. The first kappa shape index (κ1) is 33.5. The fourth-order valence-electron chi connectivity index (χ4n) is 4.80. The highest BCUT2D eigenvalue weighted by Gasteiger charge is 2.22. The van der Waals surface area contributed by atoms with Gasteiger partial charge in [-0.05, 0) is 62.8 Å². The van der Waals surface area contributed by atoms with Crippen LogP contribution >= 0.6 is 0 Å². The molecular formula is C34H51N7O2. The molecule has 0 radical (unpaired) electrons. The Hall–Kier alpha value is -4.01. The maximum absolute atomic E-state index is 10.3. The van der Waals surface area contributed by atoms with Crippen LogP contribution in [0.5, 0.6) is 0 Å². The van der Waals surface area contributed by atoms with Crippen molar-refractivity contribution in [2.75, 3.05) is 50.6 Å². The van der Waals surface area contributed by atoms with E-state index in [1.807, 2.05) is 57.4 Å². The summed E-state index contributed by atoms with van der Waals surface area (Å²) >= 11 is 0. The summed E-state index contributed by atoms with van der Waals surface area (Å²) in [5.41, 5.74) is 5.19. The molecule has 0 spiro atoms. The highest BCUT2D eigenvalue weighted by Crippen LogP contribution is 2.32. The molecule has 1 aromatic heterocycles. The van der Waals surface area contributed by atoms with Crippen molar-refractivity contribution in [2.45, 2.75) is 67.9 Å². The normalized spacial score (nSPS) is 15.7. The zero-order chi connectivity index (χ0) is 31.7. The molecule has 0 bridgehead atoms. The Morgan fingerprint density at radius 1 is 1.23 bits per heavy atom. The maximum atomic E-state index is 10.3. The Morgan fingerprint density at radius 2 is 1.98 bits per heavy atom. The summed E-state index contributed by atoms with van der Waals surface area (Å²) in [6.07, 6.45) is 13.4. The average molecular weight is 590 g/mol. The van der Waals surface area contributed by atoms with Gasteiger partial charge in [-0.15, -0.1) is 0 Å². The molecule has 43 heavy (non-hydrogen) atoms. The van der Waals surface area contributed by atoms with Crippen molar-refractivity contribution < 1.29 is 9.84 Å². The van der Waals surface area contributed by atoms with Crippen LogP contribution in [-0.2, 0) is 11.3 Å². The summed E-state index contributed by atoms with van der Waals surface area (Å²) in [5.74, 6) is 2.80. The lowest BCUT2D eigenvalue weighted by molar-refractivity contribution is 0.215. The molecule has 0 fully saturated rings. The smallest absolute Gasteiger partial charge is 0.229 e. The van der Waals surface area contributed by atoms with E-state index in [-0.39, 0.29) is 11.2 Å². The van der Waals surface area contributed by atoms with Crippen LogP contribution in [0, 0.1) is 5.41 Å². The van der Waals surface area contributed by atoms with Crippen molar-refractivity contribution in [3.8, 4) is 0 Å². The summed E-state index contributed by atoms with van der Waals surface area (Å²) in [5, 5.41) is 13.9. The van der Waals surface area contributed by atoms with Crippen LogP contribution < -0.4 is 10.2 Å². The van der Waals surface area contributed by atoms with E-state index in [0.717, 1.165) is 41.3 Å². The molecule has 1 aliphatic carbocycles. The van der Waals surface area contributed by atoms with Crippen molar-refractivity contribution in [1.82, 2.24) is 19.8 Å². The van der Waals surface area contributed by atoms with Gasteiger partial charge in [-0.3, -0.25) is 0 Å². The van der Waals surface area contributed by atoms with Gasteiger partial charge >= 0.3 is 0 Å². The lowest BCUT2D eigenvalue weighted by atomic mass is 9.87. The third kappa shape index (κ3) is 9.49. The zero-order valence-electron chi connectivity index (χ0n) is 27.7. The molecular weight excluding hydrogens is 538 g/mol. The number of rotatable bonds is 13. The van der Waals surface area contributed by atoms with Gasteiger partial charge in [0.05, 0.1) is 25.1 Å². The number of allylic oxidation sites excluding steroid dienone is 7. The minimum atomic E-state index is 0.163. The number of aliphatic imine (C=N–C) groups is 1. The van der Waals surface area contributed by atoms with Crippen molar-refractivity contribution >= 4 is 23.9 Å². The lowest BCUT2D eigenvalue weighted by Gasteiger charge is -2.28. The number of aliphatic hydroxyl groups is 1. The highest BCUT2D eigenvalue weighted by atomic mass is 16.5. The van der Waals surface area contributed by atoms with E-state index >= 15 is 0 Å². The summed E-state index contributed by atoms with van der Waals surface area (Å²) in [6.45, 7) is 22.4. The Labute approximate surface area is 258 Å². The second-order valence-corrected chi connectivity index (χ2v) is 12.3. The van der Waals surface area contributed by atoms with E-state index < -0.39 is 0 Å². The number of nitrogens with one attached hydrogen (secondary N) is 1. The van der Waals surface area contributed by atoms with Gasteiger partial charge in [0.2, 0.25) is 5.95 Å². The molecule has 2 N–H and O–H groups in total. The number of likely N-dealkylation sites (N-methyl/N-ethyl adjacent to an activating group) is 2. The Balaban J connectivity index is 1.92. The average Bonchev–Trinajstić information content (AvgIpc) is 3.13. The van der Waals surface area contributed by atoms with Gasteiger partial charge < -0.3 is 29.9 Å². The highest BCUT2D eigenvalue weighted by molar-refractivity contribution is 5.71. The van der Waals surface area contributed by atoms with E-state index in [1.54, 1.807) is 0 Å². The fourth-order valence-corrected chi connectivity index (χ4v) is 4.80. The topological polar surface area (TPSA) is 89.4 Å². The largest absolute Gasteiger partial charge is 0.508 e. The minimum Gasteiger partial charge on any atom is -0.508 e. The molecule has 9 nitrogen and oxygen atoms in total. The van der Waals surface area contributed by atoms with Gasteiger partial charge in [0.25, 0.3) is 0 Å². The van der Waals surface area contributed by atoms with Gasteiger partial charge in [0.15, 0.2) is 11.6 Å². The van der Waals surface area contributed by atoms with Crippen LogP contribution in [-0.4, -0.2) is 71.5 Å². The van der Waals surface area contributed by atoms with E-state index in [4.69, 9.17) is 14.7 Å². The molecule has 0 saturated heterocycles. The summed E-state index contributed by atoms with van der Waals surface area (Å²) < 4.78 is 5.67. The Morgan fingerprint density at radius 3 is 2.60 bits per heavy atom. The van der Waals surface area contributed by atoms with Gasteiger partial charge in [0, 0.05) is 57.6 Å². The van der Waals surface area contributed by atoms with Crippen molar-refractivity contribution in [2.24, 2.45) is 10.4 Å². The van der Waals surface area contributed by atoms with Crippen LogP contribution in [0.15, 0.2) is 76.0 Å². The second kappa shape index (κ2) is 14.9. The standard InChI is InChI=1S/C34H51N7O2/c1-11-25(21-34(6,7)8)19-28(24(4)5)36-32-27-22-39(9)23-35-31(27)37-33(38-32)41(12-2)18-17-40(10)26-15-14-16-29(42)30(20-26)43-13-3/h11,14-15,19-20,23,42H,4,12-13,16-18,21-22H2,1-3,5-10H3,(H,36,37,38)/b25-11+,28-19+. The van der Waals surface area contributed by atoms with Gasteiger partial charge in [-0.25, -0.2) is 4.99 Å². The van der Waals surface area contributed by atoms with Crippen molar-refractivity contribution in [3.05, 3.63) is 76.6 Å². The number of hydrogen-bond donors (Lipinski definition) is 2. The fraction of sp³-hybridized carbons (Fsp3) is 0.500. The zero-order valence-corrected chi connectivity index (χ0v) is 27.7. The number of fused-ring (bicyclic) bond motifs is 1. The van der Waals surface area contributed by atoms with Crippen LogP contribution in [0.1, 0.15) is 66.9 Å². The van der Waals surface area contributed by atoms with Gasteiger partial charge in [-0.2, -0.15) is 9.97 Å². The quantitative estimate of drug-likeness (QED) is 0.233. The van der Waals surface area contributed by atoms with Crippen LogP contribution in [0.25, 0.3) is 0 Å². The molecule has 9 heteroatoms. The Kier molecular flexibility index (Phi) is 11.6. The third-order valence-electron chi connectivity index (χ3n) is 7.18. The number of aliphatic hydroxyl groups excluding tert-OH is 1. The molecule has 1 aliphatic heterocycles. The van der Waals surface area contributed by atoms with Crippen molar-refractivity contribution in [1.29, 1.82) is 0 Å². The van der Waals surface area contributed by atoms with E-state index in [1.165, 1.54) is 5.57 Å². The summed E-state index contributed by atoms with van der Waals surface area (Å²) in [6, 6.07) is 0.